The fraction of sp³-hybridized carbons (Fsp3) is 0.643. The average Bonchev–Trinajstić information content (AvgIpc) is 2.95. The number of H-pyrrole nitrogens is 1. The van der Waals surface area contributed by atoms with Gasteiger partial charge in [0.1, 0.15) is 5.69 Å². The Labute approximate surface area is 120 Å². The highest BCUT2D eigenvalue weighted by atomic mass is 19.4. The number of amides is 1. The van der Waals surface area contributed by atoms with Crippen LogP contribution in [0.4, 0.5) is 13.2 Å². The summed E-state index contributed by atoms with van der Waals surface area (Å²) in [6.45, 7) is 0.582. The van der Waals surface area contributed by atoms with Crippen LogP contribution in [-0.2, 0) is 6.18 Å². The summed E-state index contributed by atoms with van der Waals surface area (Å²) in [6, 6.07) is 0.812. The zero-order chi connectivity index (χ0) is 15.5. The van der Waals surface area contributed by atoms with Crippen LogP contribution < -0.4 is 5.32 Å². The number of aromatic amines is 1. The van der Waals surface area contributed by atoms with E-state index in [0.29, 0.717) is 6.54 Å². The number of aliphatic hydroxyl groups excluding tert-OH is 1. The van der Waals surface area contributed by atoms with Gasteiger partial charge in [-0.2, -0.15) is 13.2 Å². The average molecular weight is 304 g/mol. The van der Waals surface area contributed by atoms with Gasteiger partial charge >= 0.3 is 6.18 Å². The van der Waals surface area contributed by atoms with Gasteiger partial charge in [-0.25, -0.2) is 0 Å². The Hall–Kier alpha value is -1.50. The SMILES string of the molecule is O=C(NC[C@H]1CCC[C@@H](CO)C1)c1c[nH]c(C(F)(F)F)c1. The smallest absolute Gasteiger partial charge is 0.396 e. The van der Waals surface area contributed by atoms with Crippen LogP contribution in [0.25, 0.3) is 0 Å². The summed E-state index contributed by atoms with van der Waals surface area (Å²) < 4.78 is 37.3. The minimum Gasteiger partial charge on any atom is -0.396 e. The van der Waals surface area contributed by atoms with Crippen molar-refractivity contribution in [2.24, 2.45) is 11.8 Å². The normalized spacial score (nSPS) is 23.0. The second-order valence-electron chi connectivity index (χ2n) is 5.59. The number of hydrogen-bond acceptors (Lipinski definition) is 2. The Morgan fingerprint density at radius 3 is 2.71 bits per heavy atom. The first-order valence-electron chi connectivity index (χ1n) is 7.05. The zero-order valence-corrected chi connectivity index (χ0v) is 11.5. The Morgan fingerprint density at radius 1 is 1.38 bits per heavy atom. The number of carbonyl (C=O) groups excluding carboxylic acids is 1. The first-order valence-corrected chi connectivity index (χ1v) is 7.05. The van der Waals surface area contributed by atoms with E-state index in [0.717, 1.165) is 37.9 Å². The first kappa shape index (κ1) is 15.9. The van der Waals surface area contributed by atoms with Gasteiger partial charge in [-0.15, -0.1) is 0 Å². The van der Waals surface area contributed by atoms with E-state index in [9.17, 15) is 18.0 Å². The van der Waals surface area contributed by atoms with Gasteiger partial charge in [0, 0.05) is 19.3 Å². The van der Waals surface area contributed by atoms with E-state index in [1.54, 1.807) is 0 Å². The topological polar surface area (TPSA) is 65.1 Å². The number of aromatic nitrogens is 1. The Kier molecular flexibility index (Phi) is 4.92. The van der Waals surface area contributed by atoms with Gasteiger partial charge in [0.25, 0.3) is 5.91 Å². The Balaban J connectivity index is 1.86. The van der Waals surface area contributed by atoms with Crippen molar-refractivity contribution < 1.29 is 23.1 Å². The number of rotatable bonds is 4. The molecule has 1 amide bonds. The molecule has 0 bridgehead atoms. The maximum atomic E-state index is 12.4. The fourth-order valence-electron chi connectivity index (χ4n) is 2.78. The first-order chi connectivity index (χ1) is 9.90. The minimum atomic E-state index is -4.48. The van der Waals surface area contributed by atoms with Crippen LogP contribution in [-0.4, -0.2) is 29.1 Å². The van der Waals surface area contributed by atoms with Crippen molar-refractivity contribution in [3.8, 4) is 0 Å². The zero-order valence-electron chi connectivity index (χ0n) is 11.5. The molecule has 4 nitrogen and oxygen atoms in total. The second-order valence-corrected chi connectivity index (χ2v) is 5.59. The van der Waals surface area contributed by atoms with E-state index < -0.39 is 17.8 Å². The highest BCUT2D eigenvalue weighted by molar-refractivity contribution is 5.94. The number of carbonyl (C=O) groups is 1. The van der Waals surface area contributed by atoms with Crippen molar-refractivity contribution in [2.45, 2.75) is 31.9 Å². The Bertz CT molecular complexity index is 485. The molecule has 2 atom stereocenters. The third kappa shape index (κ3) is 4.23. The van der Waals surface area contributed by atoms with Crippen molar-refractivity contribution in [3.63, 3.8) is 0 Å². The summed E-state index contributed by atoms with van der Waals surface area (Å²) in [5.74, 6) is 0.0403. The standard InChI is InChI=1S/C14H19F3N2O2/c15-14(16,17)12-5-11(7-18-12)13(21)19-6-9-2-1-3-10(4-9)8-20/h5,7,9-10,18,20H,1-4,6,8H2,(H,19,21)/t9-,10+/m0/s1. The maximum Gasteiger partial charge on any atom is 0.431 e. The minimum absolute atomic E-state index is 0.0168. The molecule has 118 valence electrons. The van der Waals surface area contributed by atoms with Crippen molar-refractivity contribution in [1.29, 1.82) is 0 Å². The molecule has 1 heterocycles. The molecule has 1 aliphatic rings. The van der Waals surface area contributed by atoms with Gasteiger partial charge < -0.3 is 15.4 Å². The number of hydrogen-bond donors (Lipinski definition) is 3. The van der Waals surface area contributed by atoms with E-state index in [4.69, 9.17) is 5.11 Å². The van der Waals surface area contributed by atoms with Crippen molar-refractivity contribution in [3.05, 3.63) is 23.5 Å². The summed E-state index contributed by atoms with van der Waals surface area (Å²) in [7, 11) is 0. The maximum absolute atomic E-state index is 12.4. The molecule has 2 rings (SSSR count). The van der Waals surface area contributed by atoms with Gasteiger partial charge in [0.05, 0.1) is 5.56 Å². The van der Waals surface area contributed by atoms with Crippen LogP contribution in [0.2, 0.25) is 0 Å². The molecule has 0 saturated heterocycles. The van der Waals surface area contributed by atoms with Crippen LogP contribution in [0.1, 0.15) is 41.7 Å². The van der Waals surface area contributed by atoms with E-state index in [1.807, 2.05) is 0 Å². The quantitative estimate of drug-likeness (QED) is 0.800. The van der Waals surface area contributed by atoms with Crippen molar-refractivity contribution in [2.75, 3.05) is 13.2 Å². The molecule has 21 heavy (non-hydrogen) atoms. The molecule has 0 aliphatic heterocycles. The lowest BCUT2D eigenvalue weighted by Crippen LogP contribution is -2.32. The van der Waals surface area contributed by atoms with Gasteiger partial charge in [0.2, 0.25) is 0 Å². The third-order valence-corrected chi connectivity index (χ3v) is 3.95. The van der Waals surface area contributed by atoms with E-state index in [1.165, 1.54) is 0 Å². The molecule has 1 aromatic rings. The van der Waals surface area contributed by atoms with E-state index in [2.05, 4.69) is 10.3 Å². The van der Waals surface area contributed by atoms with Crippen LogP contribution >= 0.6 is 0 Å². The van der Waals surface area contributed by atoms with Gasteiger partial charge in [-0.05, 0) is 37.2 Å². The number of alkyl halides is 3. The highest BCUT2D eigenvalue weighted by Crippen LogP contribution is 2.29. The predicted molar refractivity (Wildman–Crippen MR) is 70.7 cm³/mol. The van der Waals surface area contributed by atoms with Gasteiger partial charge in [0.15, 0.2) is 0 Å². The molecular weight excluding hydrogens is 285 g/mol. The molecule has 0 aromatic carbocycles. The van der Waals surface area contributed by atoms with Crippen LogP contribution in [0, 0.1) is 11.8 Å². The van der Waals surface area contributed by atoms with Crippen molar-refractivity contribution in [1.82, 2.24) is 10.3 Å². The largest absolute Gasteiger partial charge is 0.431 e. The van der Waals surface area contributed by atoms with Crippen LogP contribution in [0.15, 0.2) is 12.3 Å². The van der Waals surface area contributed by atoms with E-state index in [-0.39, 0.29) is 24.0 Å². The molecule has 1 aromatic heterocycles. The molecule has 0 radical (unpaired) electrons. The summed E-state index contributed by atoms with van der Waals surface area (Å²) in [4.78, 5) is 13.9. The second kappa shape index (κ2) is 6.51. The highest BCUT2D eigenvalue weighted by Gasteiger charge is 2.33. The van der Waals surface area contributed by atoms with Crippen LogP contribution in [0.3, 0.4) is 0 Å². The molecule has 1 aliphatic carbocycles. The lowest BCUT2D eigenvalue weighted by Gasteiger charge is -2.27. The summed E-state index contributed by atoms with van der Waals surface area (Å²) in [5, 5.41) is 11.8. The number of halogens is 3. The molecule has 7 heteroatoms. The number of aliphatic hydroxyl groups is 1. The molecule has 3 N–H and O–H groups in total. The van der Waals surface area contributed by atoms with Crippen molar-refractivity contribution >= 4 is 5.91 Å². The summed E-state index contributed by atoms with van der Waals surface area (Å²) in [6.07, 6.45) is 0.406. The monoisotopic (exact) mass is 304 g/mol. The molecular formula is C14H19F3N2O2. The molecule has 0 spiro atoms. The van der Waals surface area contributed by atoms with Gasteiger partial charge in [-0.3, -0.25) is 4.79 Å². The molecule has 1 fully saturated rings. The van der Waals surface area contributed by atoms with Gasteiger partial charge in [-0.1, -0.05) is 6.42 Å². The number of nitrogens with one attached hydrogen (secondary N) is 2. The Morgan fingerprint density at radius 2 is 2.10 bits per heavy atom. The lowest BCUT2D eigenvalue weighted by atomic mass is 9.82. The lowest BCUT2D eigenvalue weighted by molar-refractivity contribution is -0.140. The summed E-state index contributed by atoms with van der Waals surface area (Å²) >= 11 is 0. The fourth-order valence-corrected chi connectivity index (χ4v) is 2.78. The van der Waals surface area contributed by atoms with Crippen LogP contribution in [0.5, 0.6) is 0 Å². The molecule has 0 unspecified atom stereocenters. The molecule has 1 saturated carbocycles. The predicted octanol–water partition coefficient (Wildman–Crippen LogP) is 2.56. The summed E-state index contributed by atoms with van der Waals surface area (Å²) in [5.41, 5.74) is -0.942. The van der Waals surface area contributed by atoms with E-state index >= 15 is 0 Å². The third-order valence-electron chi connectivity index (χ3n) is 3.95.